The summed E-state index contributed by atoms with van der Waals surface area (Å²) in [4.78, 5) is 12.1. The van der Waals surface area contributed by atoms with Gasteiger partial charge >= 0.3 is 6.09 Å². The molecule has 1 saturated heterocycles. The Bertz CT molecular complexity index is 225. The van der Waals surface area contributed by atoms with Crippen LogP contribution in [0.1, 0.15) is 34.6 Å². The zero-order chi connectivity index (χ0) is 15.0. The highest BCUT2D eigenvalue weighted by Gasteiger charge is 2.24. The number of cyclic esters (lactones) is 1. The average molecular weight is 255 g/mol. The molecule has 1 fully saturated rings. The fourth-order valence-electron chi connectivity index (χ4n) is 0.743. The maximum atomic E-state index is 10.5. The van der Waals surface area contributed by atoms with Gasteiger partial charge in [0, 0.05) is 7.05 Å². The first kappa shape index (κ1) is 21.7. The molecule has 0 bridgehead atoms. The molecule has 0 N–H and O–H groups in total. The van der Waals surface area contributed by atoms with Crippen LogP contribution in [0.4, 0.5) is 4.79 Å². The third-order valence-electron chi connectivity index (χ3n) is 1.78. The van der Waals surface area contributed by atoms with Gasteiger partial charge in [0.05, 0.1) is 6.04 Å². The Balaban J connectivity index is -0.000000201. The summed E-state index contributed by atoms with van der Waals surface area (Å²) in [5.41, 5.74) is 0. The summed E-state index contributed by atoms with van der Waals surface area (Å²) in [7, 11) is 1.74. The third kappa shape index (κ3) is 12.6. The molecule has 3 heteroatoms. The van der Waals surface area contributed by atoms with Crippen LogP contribution in [-0.4, -0.2) is 30.7 Å². The first-order chi connectivity index (χ1) is 8.63. The molecule has 0 saturated carbocycles. The van der Waals surface area contributed by atoms with Gasteiger partial charge in [-0.1, -0.05) is 65.2 Å². The second-order valence-corrected chi connectivity index (χ2v) is 2.89. The number of carbonyl (C=O) groups excluding carboxylic acids is 1. The lowest BCUT2D eigenvalue weighted by atomic mass is 10.4. The van der Waals surface area contributed by atoms with E-state index < -0.39 is 0 Å². The van der Waals surface area contributed by atoms with Crippen molar-refractivity contribution in [2.45, 2.75) is 40.7 Å². The highest BCUT2D eigenvalue weighted by Crippen LogP contribution is 2.06. The van der Waals surface area contributed by atoms with Gasteiger partial charge in [-0.2, -0.15) is 0 Å². The number of rotatable bonds is 2. The van der Waals surface area contributed by atoms with Crippen LogP contribution in [0.15, 0.2) is 37.5 Å². The van der Waals surface area contributed by atoms with Gasteiger partial charge in [-0.05, 0) is 6.92 Å². The lowest BCUT2D eigenvalue weighted by Crippen LogP contribution is -2.25. The molecular weight excluding hydrogens is 226 g/mol. The van der Waals surface area contributed by atoms with Crippen molar-refractivity contribution in [2.24, 2.45) is 0 Å². The first-order valence-electron chi connectivity index (χ1n) is 6.43. The summed E-state index contributed by atoms with van der Waals surface area (Å²) in [6.07, 6.45) is 6.86. The van der Waals surface area contributed by atoms with Crippen molar-refractivity contribution in [3.8, 4) is 0 Å². The van der Waals surface area contributed by atoms with Crippen molar-refractivity contribution in [2.75, 3.05) is 13.7 Å². The summed E-state index contributed by atoms with van der Waals surface area (Å²) >= 11 is 0. The predicted octanol–water partition coefficient (Wildman–Crippen LogP) is 4.42. The van der Waals surface area contributed by atoms with E-state index in [0.29, 0.717) is 6.61 Å². The van der Waals surface area contributed by atoms with Crippen LogP contribution in [0.2, 0.25) is 0 Å². The Kier molecular flexibility index (Phi) is 21.6. The van der Waals surface area contributed by atoms with E-state index >= 15 is 0 Å². The zero-order valence-corrected chi connectivity index (χ0v) is 12.8. The Morgan fingerprint density at radius 3 is 1.67 bits per heavy atom. The normalized spacial score (nSPS) is 16.2. The summed E-state index contributed by atoms with van der Waals surface area (Å²) in [5.74, 6) is 0. The minimum absolute atomic E-state index is 0.211. The van der Waals surface area contributed by atoms with Gasteiger partial charge in [0.25, 0.3) is 0 Å². The highest BCUT2D eigenvalue weighted by atomic mass is 16.6. The van der Waals surface area contributed by atoms with E-state index in [1.165, 1.54) is 0 Å². The number of carbonyl (C=O) groups is 1. The minimum atomic E-state index is -0.211. The zero-order valence-electron chi connectivity index (χ0n) is 12.8. The Morgan fingerprint density at radius 2 is 1.56 bits per heavy atom. The standard InChI is InChI=1S/C6H8.C5H9NO2.2C2H6/c1-3-5-6-4-2;1-4-3-8-5(7)6(4)2;2*1-2/h3-6H,1-2H2;4H,3H2,1-2H3;2*1-2H3/b6-5-;;;. The van der Waals surface area contributed by atoms with E-state index in [0.717, 1.165) is 0 Å². The Labute approximate surface area is 113 Å². The topological polar surface area (TPSA) is 29.5 Å². The smallest absolute Gasteiger partial charge is 0.409 e. The monoisotopic (exact) mass is 255 g/mol. The number of ether oxygens (including phenoxy) is 1. The fourth-order valence-corrected chi connectivity index (χ4v) is 0.743. The van der Waals surface area contributed by atoms with Crippen molar-refractivity contribution < 1.29 is 9.53 Å². The molecular formula is C15H29NO2. The second kappa shape index (κ2) is 17.9. The molecule has 1 heterocycles. The van der Waals surface area contributed by atoms with E-state index in [1.54, 1.807) is 24.1 Å². The molecule has 0 spiro atoms. The largest absolute Gasteiger partial charge is 0.447 e. The summed E-state index contributed by atoms with van der Waals surface area (Å²) in [5, 5.41) is 0. The van der Waals surface area contributed by atoms with Crippen LogP contribution < -0.4 is 0 Å². The maximum Gasteiger partial charge on any atom is 0.409 e. The molecule has 1 aliphatic heterocycles. The molecule has 1 aliphatic rings. The molecule has 0 aromatic heterocycles. The van der Waals surface area contributed by atoms with Crippen molar-refractivity contribution in [1.29, 1.82) is 0 Å². The number of amides is 1. The van der Waals surface area contributed by atoms with Gasteiger partial charge < -0.3 is 9.64 Å². The van der Waals surface area contributed by atoms with Crippen LogP contribution >= 0.6 is 0 Å². The summed E-state index contributed by atoms with van der Waals surface area (Å²) < 4.78 is 4.66. The molecule has 106 valence electrons. The number of likely N-dealkylation sites (N-methyl/N-ethyl adjacent to an activating group) is 1. The first-order valence-corrected chi connectivity index (χ1v) is 6.43. The second-order valence-electron chi connectivity index (χ2n) is 2.89. The summed E-state index contributed by atoms with van der Waals surface area (Å²) in [6, 6.07) is 0.252. The average Bonchev–Trinajstić information content (AvgIpc) is 2.73. The van der Waals surface area contributed by atoms with Gasteiger partial charge in [-0.3, -0.25) is 0 Å². The molecule has 3 nitrogen and oxygen atoms in total. The molecule has 0 aliphatic carbocycles. The molecule has 0 aromatic rings. The number of nitrogens with zero attached hydrogens (tertiary/aromatic N) is 1. The van der Waals surface area contributed by atoms with E-state index in [-0.39, 0.29) is 12.1 Å². The summed E-state index contributed by atoms with van der Waals surface area (Å²) in [6.45, 7) is 17.4. The number of hydrogen-bond acceptors (Lipinski definition) is 2. The molecule has 1 unspecified atom stereocenters. The maximum absolute atomic E-state index is 10.5. The van der Waals surface area contributed by atoms with E-state index in [4.69, 9.17) is 0 Å². The predicted molar refractivity (Wildman–Crippen MR) is 80.8 cm³/mol. The third-order valence-corrected chi connectivity index (χ3v) is 1.78. The SMILES string of the molecule is C=C/C=C\C=C.CC.CC.CC1COC(=O)N1C. The van der Waals surface area contributed by atoms with Crippen LogP contribution in [0.25, 0.3) is 0 Å². The van der Waals surface area contributed by atoms with Gasteiger partial charge in [0.2, 0.25) is 0 Å². The quantitative estimate of drug-likeness (QED) is 0.683. The fraction of sp³-hybridized carbons (Fsp3) is 0.533. The molecule has 0 aromatic carbocycles. The van der Waals surface area contributed by atoms with Gasteiger partial charge in [0.1, 0.15) is 6.61 Å². The lowest BCUT2D eigenvalue weighted by Gasteiger charge is -2.08. The van der Waals surface area contributed by atoms with Crippen LogP contribution in [-0.2, 0) is 4.74 Å². The molecule has 1 rings (SSSR count). The molecule has 18 heavy (non-hydrogen) atoms. The Morgan fingerprint density at radius 1 is 1.17 bits per heavy atom. The minimum Gasteiger partial charge on any atom is -0.447 e. The van der Waals surface area contributed by atoms with Gasteiger partial charge in [-0.25, -0.2) is 4.79 Å². The van der Waals surface area contributed by atoms with Crippen molar-refractivity contribution in [1.82, 2.24) is 4.90 Å². The van der Waals surface area contributed by atoms with Gasteiger partial charge in [0.15, 0.2) is 0 Å². The molecule has 0 radical (unpaired) electrons. The number of allylic oxidation sites excluding steroid dienone is 4. The van der Waals surface area contributed by atoms with E-state index in [1.807, 2.05) is 46.8 Å². The van der Waals surface area contributed by atoms with Crippen molar-refractivity contribution in [3.63, 3.8) is 0 Å². The van der Waals surface area contributed by atoms with Gasteiger partial charge in [-0.15, -0.1) is 0 Å². The van der Waals surface area contributed by atoms with E-state index in [2.05, 4.69) is 17.9 Å². The molecule has 1 atom stereocenters. The van der Waals surface area contributed by atoms with Crippen LogP contribution in [0, 0.1) is 0 Å². The van der Waals surface area contributed by atoms with Crippen LogP contribution in [0.3, 0.4) is 0 Å². The molecule has 1 amide bonds. The lowest BCUT2D eigenvalue weighted by molar-refractivity contribution is 0.163. The number of hydrogen-bond donors (Lipinski definition) is 0. The highest BCUT2D eigenvalue weighted by molar-refractivity contribution is 5.69. The Hall–Kier alpha value is -1.51. The van der Waals surface area contributed by atoms with Crippen molar-refractivity contribution in [3.05, 3.63) is 37.5 Å². The van der Waals surface area contributed by atoms with Crippen LogP contribution in [0.5, 0.6) is 0 Å². The van der Waals surface area contributed by atoms with Crippen molar-refractivity contribution >= 4 is 6.09 Å². The van der Waals surface area contributed by atoms with E-state index in [9.17, 15) is 4.79 Å².